The van der Waals surface area contributed by atoms with Crippen LogP contribution in [0.15, 0.2) is 48.1 Å². The van der Waals surface area contributed by atoms with Crippen molar-refractivity contribution in [2.24, 2.45) is 11.7 Å². The highest BCUT2D eigenvalue weighted by Gasteiger charge is 2.00. The van der Waals surface area contributed by atoms with Crippen molar-refractivity contribution < 1.29 is 0 Å². The molecule has 2 N–H and O–H groups in total. The fourth-order valence-corrected chi connectivity index (χ4v) is 1.26. The normalized spacial score (nSPS) is 22.0. The Labute approximate surface area is 80.3 Å². The van der Waals surface area contributed by atoms with Gasteiger partial charge in [0, 0.05) is 6.54 Å². The van der Waals surface area contributed by atoms with Crippen molar-refractivity contribution in [2.75, 3.05) is 6.54 Å². The van der Waals surface area contributed by atoms with Crippen molar-refractivity contribution in [3.8, 4) is 0 Å². The topological polar surface area (TPSA) is 26.0 Å². The molecule has 1 atom stereocenters. The first-order valence-corrected chi connectivity index (χ1v) is 4.66. The second-order valence-electron chi connectivity index (χ2n) is 3.48. The number of hydrogen-bond acceptors (Lipinski definition) is 1. The van der Waals surface area contributed by atoms with Crippen LogP contribution in [0.5, 0.6) is 0 Å². The highest BCUT2D eigenvalue weighted by Crippen LogP contribution is 2.16. The smallest absolute Gasteiger partial charge is 0.0172 e. The lowest BCUT2D eigenvalue weighted by molar-refractivity contribution is 0.732. The molecule has 70 valence electrons. The van der Waals surface area contributed by atoms with Crippen LogP contribution in [0.1, 0.15) is 13.3 Å². The second kappa shape index (κ2) is 4.83. The summed E-state index contributed by atoms with van der Waals surface area (Å²) in [5.74, 6) is 0.649. The van der Waals surface area contributed by atoms with E-state index >= 15 is 0 Å². The highest BCUT2D eigenvalue weighted by atomic mass is 14.5. The molecule has 0 heterocycles. The van der Waals surface area contributed by atoms with Gasteiger partial charge < -0.3 is 5.73 Å². The Balaban J connectivity index is 2.58. The first kappa shape index (κ1) is 10.0. The van der Waals surface area contributed by atoms with Gasteiger partial charge in [0.05, 0.1) is 0 Å². The van der Waals surface area contributed by atoms with E-state index in [0.29, 0.717) is 12.5 Å². The van der Waals surface area contributed by atoms with E-state index < -0.39 is 0 Å². The highest BCUT2D eigenvalue weighted by molar-refractivity contribution is 5.36. The van der Waals surface area contributed by atoms with Crippen LogP contribution in [0.3, 0.4) is 0 Å². The molecule has 0 aromatic heterocycles. The third-order valence-electron chi connectivity index (χ3n) is 2.07. The Kier molecular flexibility index (Phi) is 3.71. The van der Waals surface area contributed by atoms with E-state index in [9.17, 15) is 0 Å². The molecular weight excluding hydrogens is 158 g/mol. The van der Waals surface area contributed by atoms with Gasteiger partial charge in [-0.05, 0) is 23.5 Å². The van der Waals surface area contributed by atoms with Crippen molar-refractivity contribution in [1.29, 1.82) is 0 Å². The fourth-order valence-electron chi connectivity index (χ4n) is 1.26. The summed E-state index contributed by atoms with van der Waals surface area (Å²) in [5.41, 5.74) is 7.65. The number of rotatable bonds is 3. The van der Waals surface area contributed by atoms with E-state index in [1.54, 1.807) is 0 Å². The first-order valence-electron chi connectivity index (χ1n) is 4.66. The van der Waals surface area contributed by atoms with E-state index in [4.69, 9.17) is 5.73 Å². The summed E-state index contributed by atoms with van der Waals surface area (Å²) < 4.78 is 0. The van der Waals surface area contributed by atoms with Crippen molar-refractivity contribution >= 4 is 0 Å². The van der Waals surface area contributed by atoms with Crippen molar-refractivity contribution in [1.82, 2.24) is 0 Å². The maximum absolute atomic E-state index is 5.43. The molecule has 0 aromatic rings. The molecule has 0 spiro atoms. The quantitative estimate of drug-likeness (QED) is 0.655. The van der Waals surface area contributed by atoms with Crippen molar-refractivity contribution in [2.45, 2.75) is 13.3 Å². The van der Waals surface area contributed by atoms with Gasteiger partial charge in [-0.1, -0.05) is 43.9 Å². The summed E-state index contributed by atoms with van der Waals surface area (Å²) in [6.07, 6.45) is 11.8. The summed E-state index contributed by atoms with van der Waals surface area (Å²) in [5, 5.41) is 0. The molecule has 0 radical (unpaired) electrons. The monoisotopic (exact) mass is 175 g/mol. The second-order valence-corrected chi connectivity index (χ2v) is 3.48. The Morgan fingerprint density at radius 2 is 2.54 bits per heavy atom. The van der Waals surface area contributed by atoms with Crippen LogP contribution in [-0.2, 0) is 0 Å². The number of allylic oxidation sites excluding steroid dienone is 5. The maximum Gasteiger partial charge on any atom is 0.0172 e. The standard InChI is InChI=1S/C12H17N/c1-10-4-3-5-12(8-10)7-6-11(2)9-13/h3,5-8,10H,2,4,9,13H2,1H3/b7-6+. The molecule has 0 aromatic carbocycles. The average molecular weight is 175 g/mol. The Morgan fingerprint density at radius 3 is 3.15 bits per heavy atom. The van der Waals surface area contributed by atoms with E-state index in [2.05, 4.69) is 37.8 Å². The lowest BCUT2D eigenvalue weighted by Gasteiger charge is -2.08. The molecule has 1 unspecified atom stereocenters. The molecule has 0 saturated carbocycles. The van der Waals surface area contributed by atoms with Crippen LogP contribution in [0.25, 0.3) is 0 Å². The van der Waals surface area contributed by atoms with Crippen molar-refractivity contribution in [3.63, 3.8) is 0 Å². The predicted octanol–water partition coefficient (Wildman–Crippen LogP) is 2.58. The molecule has 0 bridgehead atoms. The molecule has 0 saturated heterocycles. The van der Waals surface area contributed by atoms with Crippen LogP contribution in [0.2, 0.25) is 0 Å². The molecule has 13 heavy (non-hydrogen) atoms. The molecular formula is C12H17N. The molecule has 0 fully saturated rings. The van der Waals surface area contributed by atoms with Gasteiger partial charge in [0.15, 0.2) is 0 Å². The summed E-state index contributed by atoms with van der Waals surface area (Å²) in [4.78, 5) is 0. The zero-order valence-corrected chi connectivity index (χ0v) is 8.16. The van der Waals surface area contributed by atoms with E-state index in [-0.39, 0.29) is 0 Å². The van der Waals surface area contributed by atoms with E-state index in [1.165, 1.54) is 5.57 Å². The maximum atomic E-state index is 5.43. The summed E-state index contributed by atoms with van der Waals surface area (Å²) in [6, 6.07) is 0. The lowest BCUT2D eigenvalue weighted by atomic mass is 9.97. The molecule has 0 aliphatic heterocycles. The first-order chi connectivity index (χ1) is 6.22. The van der Waals surface area contributed by atoms with Crippen LogP contribution < -0.4 is 5.73 Å². The zero-order chi connectivity index (χ0) is 9.68. The molecule has 1 rings (SSSR count). The minimum atomic E-state index is 0.531. The Bertz CT molecular complexity index is 269. The van der Waals surface area contributed by atoms with Crippen molar-refractivity contribution in [3.05, 3.63) is 48.1 Å². The molecule has 1 aliphatic rings. The number of hydrogen-bond donors (Lipinski definition) is 1. The Morgan fingerprint density at radius 1 is 1.77 bits per heavy atom. The van der Waals surface area contributed by atoms with Gasteiger partial charge in [0.1, 0.15) is 0 Å². The fraction of sp³-hybridized carbons (Fsp3) is 0.333. The van der Waals surface area contributed by atoms with Crippen LogP contribution in [0, 0.1) is 5.92 Å². The summed E-state index contributed by atoms with van der Waals surface area (Å²) >= 11 is 0. The SMILES string of the molecule is C=C(/C=C/C1=CC(C)CC=C1)CN. The summed E-state index contributed by atoms with van der Waals surface area (Å²) in [7, 11) is 0. The minimum absolute atomic E-state index is 0.531. The average Bonchev–Trinajstić information content (AvgIpc) is 2.14. The molecule has 1 heteroatoms. The lowest BCUT2D eigenvalue weighted by Crippen LogP contribution is -1.99. The van der Waals surface area contributed by atoms with Gasteiger partial charge in [-0.15, -0.1) is 0 Å². The van der Waals surface area contributed by atoms with Crippen LogP contribution in [0.4, 0.5) is 0 Å². The predicted molar refractivity (Wildman–Crippen MR) is 58.3 cm³/mol. The van der Waals surface area contributed by atoms with Gasteiger partial charge in [-0.25, -0.2) is 0 Å². The van der Waals surface area contributed by atoms with Gasteiger partial charge in [-0.2, -0.15) is 0 Å². The largest absolute Gasteiger partial charge is 0.327 e. The molecule has 1 aliphatic carbocycles. The van der Waals surface area contributed by atoms with E-state index in [1.807, 2.05) is 6.08 Å². The third kappa shape index (κ3) is 3.43. The van der Waals surface area contributed by atoms with Gasteiger partial charge in [0.25, 0.3) is 0 Å². The van der Waals surface area contributed by atoms with Crippen LogP contribution >= 0.6 is 0 Å². The van der Waals surface area contributed by atoms with Gasteiger partial charge in [-0.3, -0.25) is 0 Å². The van der Waals surface area contributed by atoms with Crippen LogP contribution in [-0.4, -0.2) is 6.54 Å². The molecule has 1 nitrogen and oxygen atoms in total. The summed E-state index contributed by atoms with van der Waals surface area (Å²) in [6.45, 7) is 6.56. The number of nitrogens with two attached hydrogens (primary N) is 1. The van der Waals surface area contributed by atoms with E-state index in [0.717, 1.165) is 12.0 Å². The zero-order valence-electron chi connectivity index (χ0n) is 8.16. The minimum Gasteiger partial charge on any atom is -0.327 e. The molecule has 0 amide bonds. The third-order valence-corrected chi connectivity index (χ3v) is 2.07. The van der Waals surface area contributed by atoms with Gasteiger partial charge >= 0.3 is 0 Å². The Hall–Kier alpha value is -1.08. The van der Waals surface area contributed by atoms with Gasteiger partial charge in [0.2, 0.25) is 0 Å².